The van der Waals surface area contributed by atoms with Crippen molar-refractivity contribution in [1.29, 1.82) is 0 Å². The highest BCUT2D eigenvalue weighted by atomic mass is 127. The van der Waals surface area contributed by atoms with Crippen LogP contribution in [0.4, 0.5) is 0 Å². The van der Waals surface area contributed by atoms with Crippen molar-refractivity contribution in [3.05, 3.63) is 47.3 Å². The van der Waals surface area contributed by atoms with Crippen molar-refractivity contribution < 1.29 is 8.42 Å². The maximum absolute atomic E-state index is 11.7. The number of guanidine groups is 1. The van der Waals surface area contributed by atoms with E-state index in [1.54, 1.807) is 17.8 Å². The molecule has 2 rings (SSSR count). The van der Waals surface area contributed by atoms with Crippen LogP contribution in [0.2, 0.25) is 0 Å². The summed E-state index contributed by atoms with van der Waals surface area (Å²) in [4.78, 5) is 6.77. The molecule has 8 nitrogen and oxygen atoms in total. The molecule has 2 aromatic rings. The molecule has 2 N–H and O–H groups in total. The number of rotatable bonds is 7. The summed E-state index contributed by atoms with van der Waals surface area (Å²) in [6, 6.07) is 5.52. The Morgan fingerprint density at radius 1 is 1.31 bits per heavy atom. The van der Waals surface area contributed by atoms with Crippen LogP contribution in [0, 0.1) is 6.92 Å². The number of hydrogen-bond acceptors (Lipinski definition) is 5. The van der Waals surface area contributed by atoms with Gasteiger partial charge in [0.15, 0.2) is 15.8 Å². The molecule has 0 fully saturated rings. The Bertz CT molecular complexity index is 940. The molecule has 29 heavy (non-hydrogen) atoms. The molecule has 0 radical (unpaired) electrons. The van der Waals surface area contributed by atoms with Crippen LogP contribution in [0.5, 0.6) is 0 Å². The molecule has 1 aromatic heterocycles. The van der Waals surface area contributed by atoms with Crippen LogP contribution < -0.4 is 10.6 Å². The van der Waals surface area contributed by atoms with Gasteiger partial charge in [-0.3, -0.25) is 9.67 Å². The number of aromatic nitrogens is 2. The van der Waals surface area contributed by atoms with Crippen LogP contribution in [0.3, 0.4) is 0 Å². The maximum atomic E-state index is 11.7. The lowest BCUT2D eigenvalue weighted by atomic mass is 10.1. The number of aliphatic imine (C=N–C) groups is 1. The Hall–Kier alpha value is -1.66. The molecule has 10 heteroatoms. The van der Waals surface area contributed by atoms with Crippen LogP contribution in [0.15, 0.2) is 40.5 Å². The molecule has 0 saturated heterocycles. The van der Waals surface area contributed by atoms with E-state index in [4.69, 9.17) is 0 Å². The molecule has 0 aliphatic carbocycles. The SMILES string of the molecule is CN=C(NCc1ccc(S(C)(=O)=O)c(C)c1)NCC(c1cnn(C)c1)N(C)C.I. The van der Waals surface area contributed by atoms with Gasteiger partial charge in [-0.2, -0.15) is 5.10 Å². The minimum absolute atomic E-state index is 0. The lowest BCUT2D eigenvalue weighted by Crippen LogP contribution is -2.41. The first kappa shape index (κ1) is 25.4. The number of benzene rings is 1. The lowest BCUT2D eigenvalue weighted by molar-refractivity contribution is 0.298. The van der Waals surface area contributed by atoms with Gasteiger partial charge in [-0.1, -0.05) is 12.1 Å². The van der Waals surface area contributed by atoms with Gasteiger partial charge in [0.2, 0.25) is 0 Å². The lowest BCUT2D eigenvalue weighted by Gasteiger charge is -2.24. The zero-order chi connectivity index (χ0) is 20.9. The Balaban J connectivity index is 0.00000420. The van der Waals surface area contributed by atoms with Crippen LogP contribution >= 0.6 is 24.0 Å². The minimum Gasteiger partial charge on any atom is -0.354 e. The number of aryl methyl sites for hydroxylation is 2. The molecule has 0 saturated carbocycles. The van der Waals surface area contributed by atoms with Crippen LogP contribution in [-0.4, -0.2) is 63.0 Å². The van der Waals surface area contributed by atoms with Crippen molar-refractivity contribution >= 4 is 39.8 Å². The van der Waals surface area contributed by atoms with Crippen molar-refractivity contribution in [3.8, 4) is 0 Å². The number of nitrogens with one attached hydrogen (secondary N) is 2. The van der Waals surface area contributed by atoms with Crippen molar-refractivity contribution in [2.75, 3.05) is 33.9 Å². The van der Waals surface area contributed by atoms with Gasteiger partial charge < -0.3 is 15.5 Å². The van der Waals surface area contributed by atoms with Gasteiger partial charge >= 0.3 is 0 Å². The standard InChI is InChI=1S/C19H30N6O2S.HI/c1-14-9-15(7-8-18(14)28(6,26)27)10-21-19(20-2)22-12-17(24(3)4)16-11-23-25(5)13-16;/h7-9,11,13,17H,10,12H2,1-6H3,(H2,20,21,22);1H. The zero-order valence-corrected chi connectivity index (χ0v) is 20.9. The summed E-state index contributed by atoms with van der Waals surface area (Å²) in [5.41, 5.74) is 2.86. The van der Waals surface area contributed by atoms with E-state index in [1.165, 1.54) is 6.26 Å². The van der Waals surface area contributed by atoms with Crippen molar-refractivity contribution in [2.45, 2.75) is 24.4 Å². The Kier molecular flexibility index (Phi) is 9.56. The van der Waals surface area contributed by atoms with Crippen LogP contribution in [0.1, 0.15) is 22.7 Å². The predicted octanol–water partition coefficient (Wildman–Crippen LogP) is 1.72. The fourth-order valence-electron chi connectivity index (χ4n) is 3.05. The average molecular weight is 534 g/mol. The summed E-state index contributed by atoms with van der Waals surface area (Å²) in [5, 5.41) is 10.9. The number of halogens is 1. The average Bonchev–Trinajstić information content (AvgIpc) is 3.02. The molecule has 1 atom stereocenters. The first-order valence-electron chi connectivity index (χ1n) is 9.01. The Morgan fingerprint density at radius 2 is 2.00 bits per heavy atom. The third-order valence-electron chi connectivity index (χ3n) is 4.52. The molecule has 1 unspecified atom stereocenters. The largest absolute Gasteiger partial charge is 0.354 e. The predicted molar refractivity (Wildman–Crippen MR) is 128 cm³/mol. The van der Waals surface area contributed by atoms with Crippen LogP contribution in [0.25, 0.3) is 0 Å². The highest BCUT2D eigenvalue weighted by Gasteiger charge is 2.16. The fourth-order valence-corrected chi connectivity index (χ4v) is 4.01. The van der Waals surface area contributed by atoms with Gasteiger partial charge in [0.05, 0.1) is 17.1 Å². The summed E-state index contributed by atoms with van der Waals surface area (Å²) in [7, 11) is 4.48. The third-order valence-corrected chi connectivity index (χ3v) is 5.78. The highest BCUT2D eigenvalue weighted by molar-refractivity contribution is 14.0. The van der Waals surface area contributed by atoms with Crippen molar-refractivity contribution in [1.82, 2.24) is 25.3 Å². The van der Waals surface area contributed by atoms with E-state index in [-0.39, 0.29) is 30.0 Å². The minimum atomic E-state index is -3.21. The molecule has 1 heterocycles. The smallest absolute Gasteiger partial charge is 0.191 e. The van der Waals surface area contributed by atoms with E-state index in [0.29, 0.717) is 23.9 Å². The highest BCUT2D eigenvalue weighted by Crippen LogP contribution is 2.17. The molecular weight excluding hydrogens is 503 g/mol. The zero-order valence-electron chi connectivity index (χ0n) is 17.8. The number of hydrogen-bond donors (Lipinski definition) is 2. The van der Waals surface area contributed by atoms with Crippen molar-refractivity contribution in [2.24, 2.45) is 12.0 Å². The van der Waals surface area contributed by atoms with Gasteiger partial charge in [-0.15, -0.1) is 24.0 Å². The van der Waals surface area contributed by atoms with Gasteiger partial charge in [-0.05, 0) is 38.2 Å². The second kappa shape index (κ2) is 10.9. The van der Waals surface area contributed by atoms with Crippen molar-refractivity contribution in [3.63, 3.8) is 0 Å². The quantitative estimate of drug-likeness (QED) is 0.320. The molecule has 0 aliphatic rings. The normalized spacial score (nSPS) is 13.1. The summed E-state index contributed by atoms with van der Waals surface area (Å²) in [6.07, 6.45) is 5.10. The van der Waals surface area contributed by atoms with E-state index in [1.807, 2.05) is 52.6 Å². The molecule has 0 aliphatic heterocycles. The fraction of sp³-hybridized carbons (Fsp3) is 0.474. The summed E-state index contributed by atoms with van der Waals surface area (Å²) < 4.78 is 25.3. The number of likely N-dealkylation sites (N-methyl/N-ethyl adjacent to an activating group) is 1. The molecule has 1 aromatic carbocycles. The third kappa shape index (κ3) is 7.27. The Labute approximate surface area is 190 Å². The molecule has 0 spiro atoms. The first-order chi connectivity index (χ1) is 13.1. The Morgan fingerprint density at radius 3 is 2.48 bits per heavy atom. The summed E-state index contributed by atoms with van der Waals surface area (Å²) >= 11 is 0. The number of sulfone groups is 1. The molecule has 162 valence electrons. The summed E-state index contributed by atoms with van der Waals surface area (Å²) in [5.74, 6) is 0.681. The number of nitrogens with zero attached hydrogens (tertiary/aromatic N) is 4. The molecule has 0 amide bonds. The first-order valence-corrected chi connectivity index (χ1v) is 10.9. The van der Waals surface area contributed by atoms with E-state index in [0.717, 1.165) is 16.7 Å². The van der Waals surface area contributed by atoms with E-state index in [9.17, 15) is 8.42 Å². The molecule has 0 bridgehead atoms. The second-order valence-corrected chi connectivity index (χ2v) is 9.09. The van der Waals surface area contributed by atoms with Gasteiger partial charge in [0.25, 0.3) is 0 Å². The topological polar surface area (TPSA) is 91.6 Å². The van der Waals surface area contributed by atoms with Crippen LogP contribution in [-0.2, 0) is 23.4 Å². The van der Waals surface area contributed by atoms with E-state index >= 15 is 0 Å². The maximum Gasteiger partial charge on any atom is 0.191 e. The monoisotopic (exact) mass is 534 g/mol. The van der Waals surface area contributed by atoms with Gasteiger partial charge in [-0.25, -0.2) is 8.42 Å². The van der Waals surface area contributed by atoms with Gasteiger partial charge in [0, 0.05) is 45.2 Å². The summed E-state index contributed by atoms with van der Waals surface area (Å²) in [6.45, 7) is 3.02. The molecular formula is C19H31IN6O2S. The van der Waals surface area contributed by atoms with E-state index in [2.05, 4.69) is 25.6 Å². The van der Waals surface area contributed by atoms with E-state index < -0.39 is 9.84 Å². The second-order valence-electron chi connectivity index (χ2n) is 7.11. The van der Waals surface area contributed by atoms with Gasteiger partial charge in [0.1, 0.15) is 0 Å².